The number of carbonyl (C=O) groups is 3. The van der Waals surface area contributed by atoms with E-state index in [1.54, 1.807) is 6.92 Å². The molecular formula is C23H20N6O8S4. The molecule has 2 aliphatic rings. The normalized spacial score (nSPS) is 18.7. The van der Waals surface area contributed by atoms with E-state index < -0.39 is 34.9 Å². The zero-order valence-electron chi connectivity index (χ0n) is 20.9. The fraction of sp³-hybridized carbons (Fsp3) is 0.261. The van der Waals surface area contributed by atoms with Gasteiger partial charge in [-0.25, -0.2) is 4.79 Å². The van der Waals surface area contributed by atoms with Crippen LogP contribution in [0, 0.1) is 0 Å². The summed E-state index contributed by atoms with van der Waals surface area (Å²) < 4.78 is 4.99. The minimum Gasteiger partial charge on any atom is -0.504 e. The number of aliphatic carboxylic acids is 1. The van der Waals surface area contributed by atoms with E-state index in [4.69, 9.17) is 10.6 Å². The molecule has 0 bridgehead atoms. The number of thioether (sulfide) groups is 2. The number of β-lactam (4-membered cyclic amide) rings is 1. The lowest BCUT2D eigenvalue weighted by Crippen LogP contribution is -2.71. The molecule has 41 heavy (non-hydrogen) atoms. The van der Waals surface area contributed by atoms with Crippen LogP contribution in [0.15, 0.2) is 43.6 Å². The zero-order valence-corrected chi connectivity index (χ0v) is 24.2. The summed E-state index contributed by atoms with van der Waals surface area (Å²) in [6, 6.07) is 2.84. The van der Waals surface area contributed by atoms with Gasteiger partial charge in [0.25, 0.3) is 11.8 Å². The number of carboxylic acids is 1. The van der Waals surface area contributed by atoms with E-state index in [9.17, 15) is 34.5 Å². The Morgan fingerprint density at radius 3 is 2.71 bits per heavy atom. The van der Waals surface area contributed by atoms with Crippen molar-refractivity contribution < 1.29 is 34.5 Å². The van der Waals surface area contributed by atoms with Gasteiger partial charge in [0.1, 0.15) is 23.7 Å². The number of aromatic hydroxyl groups is 2. The fourth-order valence-corrected chi connectivity index (χ4v) is 8.19. The second-order valence-electron chi connectivity index (χ2n) is 8.49. The number of amides is 2. The number of anilines is 1. The van der Waals surface area contributed by atoms with Crippen molar-refractivity contribution in [3.8, 4) is 11.5 Å². The molecule has 2 aromatic heterocycles. The molecular weight excluding hydrogens is 617 g/mol. The van der Waals surface area contributed by atoms with Crippen LogP contribution in [0.25, 0.3) is 10.1 Å². The van der Waals surface area contributed by atoms with E-state index in [1.165, 1.54) is 53.1 Å². The summed E-state index contributed by atoms with van der Waals surface area (Å²) in [6.45, 7) is 1.83. The number of hydrogen-bond acceptors (Lipinski definition) is 15. The first-order valence-electron chi connectivity index (χ1n) is 11.7. The third-order valence-electron chi connectivity index (χ3n) is 5.88. The molecule has 1 aromatic carbocycles. The van der Waals surface area contributed by atoms with Crippen LogP contribution in [0.5, 0.6) is 11.5 Å². The van der Waals surface area contributed by atoms with Gasteiger partial charge in [-0.1, -0.05) is 5.16 Å². The molecule has 18 heteroatoms. The van der Waals surface area contributed by atoms with Crippen molar-refractivity contribution in [2.45, 2.75) is 22.5 Å². The van der Waals surface area contributed by atoms with Crippen LogP contribution in [0.4, 0.5) is 5.13 Å². The average Bonchev–Trinajstić information content (AvgIpc) is 3.36. The number of nitrogens with zero attached hydrogens (tertiary/aromatic N) is 4. The number of nitrogen functional groups attached to an aromatic ring is 1. The Labute approximate surface area is 247 Å². The van der Waals surface area contributed by atoms with Crippen LogP contribution in [-0.4, -0.2) is 82.6 Å². The molecule has 1 fully saturated rings. The van der Waals surface area contributed by atoms with Crippen LogP contribution in [-0.2, 0) is 19.2 Å². The smallest absolute Gasteiger partial charge is 0.352 e. The third-order valence-corrected chi connectivity index (χ3v) is 10.1. The molecule has 3 aromatic rings. The summed E-state index contributed by atoms with van der Waals surface area (Å²) in [5.41, 5.74) is 5.28. The fourth-order valence-electron chi connectivity index (χ4n) is 4.03. The van der Waals surface area contributed by atoms with Crippen molar-refractivity contribution in [3.63, 3.8) is 0 Å². The highest BCUT2D eigenvalue weighted by Crippen LogP contribution is 2.42. The van der Waals surface area contributed by atoms with Crippen LogP contribution in [0.2, 0.25) is 0 Å². The van der Waals surface area contributed by atoms with Crippen molar-refractivity contribution in [1.29, 1.82) is 0 Å². The molecule has 0 unspecified atom stereocenters. The molecule has 0 saturated carbocycles. The summed E-state index contributed by atoms with van der Waals surface area (Å²) >= 11 is 4.57. The topological polar surface area (TPSA) is 218 Å². The maximum Gasteiger partial charge on any atom is 0.352 e. The van der Waals surface area contributed by atoms with E-state index in [0.717, 1.165) is 16.4 Å². The number of hydrogen-bond donors (Lipinski definition) is 5. The van der Waals surface area contributed by atoms with Gasteiger partial charge >= 0.3 is 5.97 Å². The van der Waals surface area contributed by atoms with Crippen molar-refractivity contribution in [2.75, 3.05) is 23.8 Å². The van der Waals surface area contributed by atoms with Gasteiger partial charge in [-0.15, -0.1) is 34.9 Å². The summed E-state index contributed by atoms with van der Waals surface area (Å²) in [5.74, 6) is -3.06. The Bertz CT molecular complexity index is 1700. The maximum atomic E-state index is 13.1. The molecule has 2 amide bonds. The molecule has 4 heterocycles. The average molecular weight is 637 g/mol. The second-order valence-corrected chi connectivity index (χ2v) is 12.7. The van der Waals surface area contributed by atoms with Crippen LogP contribution in [0.3, 0.4) is 0 Å². The third kappa shape index (κ3) is 5.54. The van der Waals surface area contributed by atoms with Crippen LogP contribution in [0.1, 0.15) is 12.7 Å². The van der Waals surface area contributed by atoms with E-state index in [1.807, 2.05) is 0 Å². The largest absolute Gasteiger partial charge is 0.504 e. The van der Waals surface area contributed by atoms with Gasteiger partial charge in [-0.2, -0.15) is 9.36 Å². The first-order valence-corrected chi connectivity index (χ1v) is 15.3. The lowest BCUT2D eigenvalue weighted by atomic mass is 10.0. The Morgan fingerprint density at radius 2 is 2.02 bits per heavy atom. The van der Waals surface area contributed by atoms with E-state index >= 15 is 0 Å². The molecule has 0 aliphatic carbocycles. The number of carboxylic acid groups (broad SMARTS) is 1. The summed E-state index contributed by atoms with van der Waals surface area (Å²) in [4.78, 5) is 60.9. The standard InChI is InChI=1S/C23H20N6O8S4/c1-2-37-27-15(18-26-23(24)41-28-18)19(33)25-16-20(34)29-17(22(35)36)8(7-39-21(16)29)6-38-14-5-10(30)9-3-11(31)12(32)4-13(9)40-14/h3-5,16,21,31-32H,2,6-7H2,1H3,(H,25,33)(H,35,36)(H2,24,26,28)/b27-15-/t16-,21-/m1/s1. The number of phenolic OH excluding ortho intramolecular Hbond substituents is 2. The number of fused-ring (bicyclic) bond motifs is 2. The highest BCUT2D eigenvalue weighted by Gasteiger charge is 2.54. The highest BCUT2D eigenvalue weighted by molar-refractivity contribution is 8.02. The number of aromatic nitrogens is 2. The van der Waals surface area contributed by atoms with E-state index in [-0.39, 0.29) is 57.0 Å². The van der Waals surface area contributed by atoms with Crippen molar-refractivity contribution in [3.05, 3.63) is 45.5 Å². The van der Waals surface area contributed by atoms with Gasteiger partial charge in [0.2, 0.25) is 11.5 Å². The molecule has 0 radical (unpaired) electrons. The molecule has 214 valence electrons. The number of nitrogens with two attached hydrogens (primary N) is 1. The van der Waals surface area contributed by atoms with Gasteiger partial charge in [-0.3, -0.25) is 19.3 Å². The number of nitrogens with one attached hydrogen (secondary N) is 1. The predicted octanol–water partition coefficient (Wildman–Crippen LogP) is 1.38. The van der Waals surface area contributed by atoms with Gasteiger partial charge in [0.05, 0.1) is 4.21 Å². The molecule has 6 N–H and O–H groups in total. The summed E-state index contributed by atoms with van der Waals surface area (Å²) in [7, 11) is 0. The van der Waals surface area contributed by atoms with Crippen molar-refractivity contribution in [2.24, 2.45) is 5.16 Å². The second kappa shape index (κ2) is 11.6. The quantitative estimate of drug-likeness (QED) is 0.0738. The van der Waals surface area contributed by atoms with E-state index in [0.29, 0.717) is 14.5 Å². The lowest BCUT2D eigenvalue weighted by Gasteiger charge is -2.49. The zero-order chi connectivity index (χ0) is 29.4. The number of oxime groups is 1. The molecule has 2 atom stereocenters. The monoisotopic (exact) mass is 636 g/mol. The van der Waals surface area contributed by atoms with Crippen molar-refractivity contribution in [1.82, 2.24) is 19.6 Å². The van der Waals surface area contributed by atoms with Gasteiger partial charge in [-0.05, 0) is 18.6 Å². The first-order chi connectivity index (χ1) is 19.6. The van der Waals surface area contributed by atoms with Crippen LogP contribution >= 0.6 is 46.4 Å². The van der Waals surface area contributed by atoms with Gasteiger partial charge < -0.3 is 31.2 Å². The SMILES string of the molecule is CCO/N=C(\C(=O)N[C@@H]1C(=O)N2C(C(=O)O)=C(CSc3cc(=O)c4cc(O)c(O)cc4s3)CS[C@H]12)c1nsc(N)n1. The minimum absolute atomic E-state index is 0.0631. The maximum absolute atomic E-state index is 13.1. The summed E-state index contributed by atoms with van der Waals surface area (Å²) in [6.07, 6.45) is 0. The molecule has 2 aliphatic heterocycles. The lowest BCUT2D eigenvalue weighted by molar-refractivity contribution is -0.150. The Kier molecular flexibility index (Phi) is 8.07. The molecule has 14 nitrogen and oxygen atoms in total. The number of phenols is 2. The Morgan fingerprint density at radius 1 is 1.27 bits per heavy atom. The number of carbonyl (C=O) groups excluding carboxylic acids is 2. The first kappa shape index (κ1) is 28.7. The van der Waals surface area contributed by atoms with E-state index in [2.05, 4.69) is 19.8 Å². The molecule has 1 saturated heterocycles. The highest BCUT2D eigenvalue weighted by atomic mass is 32.2. The van der Waals surface area contributed by atoms with Crippen LogP contribution < -0.4 is 16.5 Å². The van der Waals surface area contributed by atoms with Gasteiger partial charge in [0, 0.05) is 45.3 Å². The predicted molar refractivity (Wildman–Crippen MR) is 154 cm³/mol. The Hall–Kier alpha value is -3.87. The summed E-state index contributed by atoms with van der Waals surface area (Å²) in [5, 5.41) is 35.5. The number of rotatable bonds is 9. The minimum atomic E-state index is -1.29. The Balaban J connectivity index is 1.33. The van der Waals surface area contributed by atoms with Gasteiger partial charge in [0.15, 0.2) is 22.1 Å². The molecule has 0 spiro atoms. The van der Waals surface area contributed by atoms with Crippen molar-refractivity contribution >= 4 is 85.1 Å². The molecule has 5 rings (SSSR count). The number of benzene rings is 1.